The summed E-state index contributed by atoms with van der Waals surface area (Å²) in [4.78, 5) is 13.8. The van der Waals surface area contributed by atoms with Crippen molar-refractivity contribution in [2.24, 2.45) is 10.1 Å². The van der Waals surface area contributed by atoms with Crippen molar-refractivity contribution in [1.82, 2.24) is 5.43 Å². The van der Waals surface area contributed by atoms with E-state index in [9.17, 15) is 10.1 Å². The van der Waals surface area contributed by atoms with E-state index in [1.807, 2.05) is 0 Å². The van der Waals surface area contributed by atoms with Crippen LogP contribution < -0.4 is 5.43 Å². The number of nitrogens with one attached hydrogen (secondary N) is 1. The average Bonchev–Trinajstić information content (AvgIpc) is 2.87. The van der Waals surface area contributed by atoms with Crippen molar-refractivity contribution in [2.75, 3.05) is 12.3 Å². The van der Waals surface area contributed by atoms with Crippen LogP contribution in [-0.2, 0) is 0 Å². The molecule has 0 aliphatic carbocycles. The van der Waals surface area contributed by atoms with Gasteiger partial charge in [0.1, 0.15) is 4.92 Å². The number of aliphatic imine (C=N–C) groups is 1. The maximum absolute atomic E-state index is 10.3. The van der Waals surface area contributed by atoms with Crippen molar-refractivity contribution in [1.29, 1.82) is 0 Å². The lowest BCUT2D eigenvalue weighted by molar-refractivity contribution is -0.402. The van der Waals surface area contributed by atoms with E-state index in [1.165, 1.54) is 18.3 Å². The van der Waals surface area contributed by atoms with Gasteiger partial charge in [-0.3, -0.25) is 20.5 Å². The Morgan fingerprint density at radius 2 is 2.56 bits per heavy atom. The summed E-state index contributed by atoms with van der Waals surface area (Å²) in [6, 6.07) is 2.76. The summed E-state index contributed by atoms with van der Waals surface area (Å²) in [5.74, 6) is 0.973. The zero-order valence-electron chi connectivity index (χ0n) is 8.12. The largest absolute Gasteiger partial charge is 0.433 e. The molecule has 8 heteroatoms. The van der Waals surface area contributed by atoms with Crippen LogP contribution >= 0.6 is 11.8 Å². The fourth-order valence-electron chi connectivity index (χ4n) is 1.06. The van der Waals surface area contributed by atoms with E-state index in [1.54, 1.807) is 11.8 Å². The summed E-state index contributed by atoms with van der Waals surface area (Å²) < 4.78 is 4.87. The first kappa shape index (κ1) is 10.7. The number of hydrogen-bond acceptors (Lipinski definition) is 7. The number of nitro groups is 1. The molecule has 84 valence electrons. The van der Waals surface area contributed by atoms with Crippen LogP contribution in [0.25, 0.3) is 0 Å². The predicted octanol–water partition coefficient (Wildman–Crippen LogP) is 1.21. The zero-order chi connectivity index (χ0) is 11.4. The molecule has 1 aromatic rings. The molecule has 0 fully saturated rings. The standard InChI is InChI=1S/C8H8N4O3S/c13-12(14)7-2-1-6(15-7)5-10-11-8-9-3-4-16-8/h1-2,5H,3-4H2,(H,9,11)/b10-5-. The molecule has 0 radical (unpaired) electrons. The number of hydrazone groups is 1. The van der Waals surface area contributed by atoms with E-state index in [4.69, 9.17) is 4.42 Å². The third-order valence-electron chi connectivity index (χ3n) is 1.73. The molecule has 0 aromatic carbocycles. The zero-order valence-corrected chi connectivity index (χ0v) is 8.94. The first-order valence-electron chi connectivity index (χ1n) is 4.46. The summed E-state index contributed by atoms with van der Waals surface area (Å²) >= 11 is 1.57. The van der Waals surface area contributed by atoms with Crippen LogP contribution in [0.1, 0.15) is 5.76 Å². The van der Waals surface area contributed by atoms with Crippen LogP contribution in [0.4, 0.5) is 5.88 Å². The molecule has 0 unspecified atom stereocenters. The van der Waals surface area contributed by atoms with Gasteiger partial charge in [0, 0.05) is 5.75 Å². The Morgan fingerprint density at radius 3 is 3.19 bits per heavy atom. The van der Waals surface area contributed by atoms with Crippen LogP contribution in [-0.4, -0.2) is 28.6 Å². The van der Waals surface area contributed by atoms with Gasteiger partial charge in [0.05, 0.1) is 18.8 Å². The van der Waals surface area contributed by atoms with Crippen LogP contribution in [0.15, 0.2) is 26.6 Å². The lowest BCUT2D eigenvalue weighted by atomic mass is 10.5. The average molecular weight is 240 g/mol. The lowest BCUT2D eigenvalue weighted by Crippen LogP contribution is -2.11. The molecule has 1 N–H and O–H groups in total. The monoisotopic (exact) mass is 240 g/mol. The second kappa shape index (κ2) is 4.79. The number of furan rings is 1. The van der Waals surface area contributed by atoms with Gasteiger partial charge in [-0.25, -0.2) is 0 Å². The second-order valence-electron chi connectivity index (χ2n) is 2.84. The minimum absolute atomic E-state index is 0.297. The van der Waals surface area contributed by atoms with Gasteiger partial charge in [0.2, 0.25) is 0 Å². The van der Waals surface area contributed by atoms with Gasteiger partial charge in [0.15, 0.2) is 10.9 Å². The first-order chi connectivity index (χ1) is 7.75. The highest BCUT2D eigenvalue weighted by molar-refractivity contribution is 8.14. The summed E-state index contributed by atoms with van der Waals surface area (Å²) in [5.41, 5.74) is 2.72. The Bertz CT molecular complexity index is 454. The molecular weight excluding hydrogens is 232 g/mol. The van der Waals surface area contributed by atoms with Gasteiger partial charge < -0.3 is 4.42 Å². The van der Waals surface area contributed by atoms with Crippen molar-refractivity contribution in [3.8, 4) is 0 Å². The fourth-order valence-corrected chi connectivity index (χ4v) is 1.74. The number of rotatable bonds is 3. The maximum Gasteiger partial charge on any atom is 0.433 e. The van der Waals surface area contributed by atoms with Gasteiger partial charge >= 0.3 is 5.88 Å². The Labute approximate surface area is 94.8 Å². The Morgan fingerprint density at radius 1 is 1.69 bits per heavy atom. The molecule has 0 saturated heterocycles. The fraction of sp³-hybridized carbons (Fsp3) is 0.250. The third kappa shape index (κ3) is 2.60. The molecule has 16 heavy (non-hydrogen) atoms. The molecule has 0 spiro atoms. The lowest BCUT2D eigenvalue weighted by Gasteiger charge is -1.94. The van der Waals surface area contributed by atoms with Gasteiger partial charge in [-0.1, -0.05) is 11.8 Å². The van der Waals surface area contributed by atoms with E-state index in [-0.39, 0.29) is 5.88 Å². The minimum Gasteiger partial charge on any atom is -0.400 e. The van der Waals surface area contributed by atoms with Crippen molar-refractivity contribution >= 4 is 29.0 Å². The Hall–Kier alpha value is -1.83. The first-order valence-corrected chi connectivity index (χ1v) is 5.45. The summed E-state index contributed by atoms with van der Waals surface area (Å²) in [6.07, 6.45) is 1.37. The minimum atomic E-state index is -0.596. The highest BCUT2D eigenvalue weighted by Crippen LogP contribution is 2.14. The number of amidine groups is 1. The van der Waals surface area contributed by atoms with Crippen molar-refractivity contribution in [3.63, 3.8) is 0 Å². The molecule has 0 amide bonds. The molecule has 7 nitrogen and oxygen atoms in total. The van der Waals surface area contributed by atoms with Gasteiger partial charge in [-0.2, -0.15) is 5.10 Å². The molecule has 1 aliphatic rings. The van der Waals surface area contributed by atoms with Crippen molar-refractivity contribution < 1.29 is 9.34 Å². The van der Waals surface area contributed by atoms with Gasteiger partial charge in [-0.05, 0) is 6.07 Å². The van der Waals surface area contributed by atoms with E-state index >= 15 is 0 Å². The summed E-state index contributed by atoms with van der Waals surface area (Å²) in [6.45, 7) is 0.786. The molecule has 0 saturated carbocycles. The molecule has 1 aromatic heterocycles. The van der Waals surface area contributed by atoms with E-state index in [2.05, 4.69) is 15.5 Å². The van der Waals surface area contributed by atoms with Crippen LogP contribution in [0.5, 0.6) is 0 Å². The van der Waals surface area contributed by atoms with Crippen LogP contribution in [0, 0.1) is 10.1 Å². The molecule has 0 atom stereocenters. The van der Waals surface area contributed by atoms with Gasteiger partial charge in [-0.15, -0.1) is 0 Å². The maximum atomic E-state index is 10.3. The Balaban J connectivity index is 1.92. The third-order valence-corrected chi connectivity index (χ3v) is 2.61. The molecule has 2 rings (SSSR count). The molecule has 2 heterocycles. The quantitative estimate of drug-likeness (QED) is 0.487. The highest BCUT2D eigenvalue weighted by Gasteiger charge is 2.10. The van der Waals surface area contributed by atoms with E-state index < -0.39 is 4.92 Å². The number of nitrogens with zero attached hydrogens (tertiary/aromatic N) is 3. The number of hydrogen-bond donors (Lipinski definition) is 1. The van der Waals surface area contributed by atoms with Crippen LogP contribution in [0.2, 0.25) is 0 Å². The summed E-state index contributed by atoms with van der Waals surface area (Å²) in [5, 5.41) is 14.9. The van der Waals surface area contributed by atoms with E-state index in [0.29, 0.717) is 5.76 Å². The van der Waals surface area contributed by atoms with E-state index in [0.717, 1.165) is 17.5 Å². The predicted molar refractivity (Wildman–Crippen MR) is 60.9 cm³/mol. The SMILES string of the molecule is O=[N+]([O-])c1ccc(/C=N\NC2=NCCS2)o1. The molecular formula is C8H8N4O3S. The van der Waals surface area contributed by atoms with Crippen molar-refractivity contribution in [3.05, 3.63) is 28.0 Å². The topological polar surface area (TPSA) is 93.0 Å². The van der Waals surface area contributed by atoms with Crippen molar-refractivity contribution in [2.45, 2.75) is 0 Å². The second-order valence-corrected chi connectivity index (χ2v) is 3.92. The molecule has 1 aliphatic heterocycles. The van der Waals surface area contributed by atoms with Crippen LogP contribution in [0.3, 0.4) is 0 Å². The Kier molecular flexibility index (Phi) is 3.20. The summed E-state index contributed by atoms with van der Waals surface area (Å²) in [7, 11) is 0. The van der Waals surface area contributed by atoms with Gasteiger partial charge in [0.25, 0.3) is 0 Å². The highest BCUT2D eigenvalue weighted by atomic mass is 32.2. The normalized spacial score (nSPS) is 15.4. The smallest absolute Gasteiger partial charge is 0.400 e. The molecule has 0 bridgehead atoms. The number of thioether (sulfide) groups is 1.